The highest BCUT2D eigenvalue weighted by Gasteiger charge is 2.27. The fourth-order valence-corrected chi connectivity index (χ4v) is 4.10. The van der Waals surface area contributed by atoms with E-state index in [4.69, 9.17) is 19.3 Å². The summed E-state index contributed by atoms with van der Waals surface area (Å²) in [4.78, 5) is 23.4. The van der Waals surface area contributed by atoms with E-state index in [9.17, 15) is 4.79 Å². The van der Waals surface area contributed by atoms with Crippen molar-refractivity contribution in [3.05, 3.63) is 64.8 Å². The second-order valence-electron chi connectivity index (χ2n) is 7.45. The standard InChI is InChI=1S/C25H26N2O4/c1-27(31-4)25(28)23-18-9-5-6-11-20(18)26-24-17(8-7-10-19(23)24)14-16-12-13-21(29-2)22(15-16)30-3/h5-6,9,11-15H,7-8,10H2,1-4H3/b17-14+. The second-order valence-corrected chi connectivity index (χ2v) is 7.45. The van der Waals surface area contributed by atoms with E-state index >= 15 is 0 Å². The zero-order valence-corrected chi connectivity index (χ0v) is 18.3. The molecule has 1 aliphatic carbocycles. The van der Waals surface area contributed by atoms with Crippen molar-refractivity contribution in [3.8, 4) is 11.5 Å². The van der Waals surface area contributed by atoms with Crippen molar-refractivity contribution in [2.45, 2.75) is 19.3 Å². The molecule has 6 nitrogen and oxygen atoms in total. The number of para-hydroxylation sites is 1. The topological polar surface area (TPSA) is 60.9 Å². The first-order valence-corrected chi connectivity index (χ1v) is 10.2. The monoisotopic (exact) mass is 418 g/mol. The van der Waals surface area contributed by atoms with Crippen LogP contribution in [0.4, 0.5) is 0 Å². The molecule has 1 amide bonds. The molecule has 0 aliphatic heterocycles. The number of hydroxylamine groups is 2. The van der Waals surface area contributed by atoms with Gasteiger partial charge in [0.25, 0.3) is 5.91 Å². The summed E-state index contributed by atoms with van der Waals surface area (Å²) in [6.07, 6.45) is 4.76. The first-order valence-electron chi connectivity index (χ1n) is 10.2. The molecule has 160 valence electrons. The maximum atomic E-state index is 13.2. The summed E-state index contributed by atoms with van der Waals surface area (Å²) in [7, 11) is 6.38. The van der Waals surface area contributed by atoms with Crippen LogP contribution in [0, 0.1) is 0 Å². The van der Waals surface area contributed by atoms with Crippen molar-refractivity contribution in [2.75, 3.05) is 28.4 Å². The highest BCUT2D eigenvalue weighted by molar-refractivity contribution is 6.08. The SMILES string of the molecule is COc1ccc(/C=C2\CCCc3c2nc2ccccc2c3C(=O)N(C)OC)cc1OC. The maximum absolute atomic E-state index is 13.2. The molecule has 1 heterocycles. The van der Waals surface area contributed by atoms with Crippen LogP contribution in [0.1, 0.15) is 40.0 Å². The highest BCUT2D eigenvalue weighted by Crippen LogP contribution is 2.37. The van der Waals surface area contributed by atoms with E-state index in [1.807, 2.05) is 42.5 Å². The molecule has 0 unspecified atom stereocenters. The number of ether oxygens (including phenoxy) is 2. The molecular formula is C25H26N2O4. The number of hydrogen-bond donors (Lipinski definition) is 0. The molecule has 1 aliphatic rings. The maximum Gasteiger partial charge on any atom is 0.278 e. The smallest absolute Gasteiger partial charge is 0.278 e. The first-order chi connectivity index (χ1) is 15.1. The Hall–Kier alpha value is -3.38. The van der Waals surface area contributed by atoms with Gasteiger partial charge in [0.05, 0.1) is 38.1 Å². The molecule has 0 saturated carbocycles. The molecule has 0 N–H and O–H groups in total. The Morgan fingerprint density at radius 3 is 2.55 bits per heavy atom. The van der Waals surface area contributed by atoms with Crippen molar-refractivity contribution < 1.29 is 19.1 Å². The molecule has 1 aromatic heterocycles. The first kappa shape index (κ1) is 20.9. The molecule has 4 rings (SSSR count). The van der Waals surface area contributed by atoms with E-state index in [0.29, 0.717) is 17.1 Å². The van der Waals surface area contributed by atoms with Crippen LogP contribution < -0.4 is 9.47 Å². The minimum atomic E-state index is -0.162. The van der Waals surface area contributed by atoms with Crippen molar-refractivity contribution in [1.29, 1.82) is 0 Å². The van der Waals surface area contributed by atoms with Crippen molar-refractivity contribution >= 4 is 28.5 Å². The third kappa shape index (κ3) is 3.86. The predicted octanol–water partition coefficient (Wildman–Crippen LogP) is 4.76. The highest BCUT2D eigenvalue weighted by atomic mass is 16.7. The van der Waals surface area contributed by atoms with E-state index in [1.54, 1.807) is 21.3 Å². The molecule has 0 radical (unpaired) electrons. The van der Waals surface area contributed by atoms with Gasteiger partial charge in [-0.2, -0.15) is 0 Å². The molecule has 0 fully saturated rings. The van der Waals surface area contributed by atoms with Crippen molar-refractivity contribution in [3.63, 3.8) is 0 Å². The molecule has 0 atom stereocenters. The number of allylic oxidation sites excluding steroid dienone is 1. The fraction of sp³-hybridized carbons (Fsp3) is 0.280. The third-order valence-corrected chi connectivity index (χ3v) is 5.69. The van der Waals surface area contributed by atoms with Gasteiger partial charge in [-0.05, 0) is 60.2 Å². The fourth-order valence-electron chi connectivity index (χ4n) is 4.10. The van der Waals surface area contributed by atoms with Crippen LogP contribution in [0.3, 0.4) is 0 Å². The number of carbonyl (C=O) groups excluding carboxylic acids is 1. The zero-order valence-electron chi connectivity index (χ0n) is 18.3. The molecule has 0 spiro atoms. The van der Waals surface area contributed by atoms with Gasteiger partial charge in [0, 0.05) is 12.4 Å². The molecule has 0 saturated heterocycles. The molecule has 6 heteroatoms. The normalized spacial score (nSPS) is 14.4. The van der Waals surface area contributed by atoms with Crippen LogP contribution in [0.15, 0.2) is 42.5 Å². The second kappa shape index (κ2) is 8.78. The number of fused-ring (bicyclic) bond motifs is 2. The quantitative estimate of drug-likeness (QED) is 0.559. The zero-order chi connectivity index (χ0) is 22.0. The van der Waals surface area contributed by atoms with Gasteiger partial charge >= 0.3 is 0 Å². The minimum Gasteiger partial charge on any atom is -0.493 e. The Balaban J connectivity index is 1.90. The van der Waals surface area contributed by atoms with Crippen LogP contribution in [0.2, 0.25) is 0 Å². The van der Waals surface area contributed by atoms with E-state index in [2.05, 4.69) is 6.08 Å². The average Bonchev–Trinajstić information content (AvgIpc) is 2.81. The van der Waals surface area contributed by atoms with Gasteiger partial charge in [-0.15, -0.1) is 0 Å². The Morgan fingerprint density at radius 1 is 1.03 bits per heavy atom. The van der Waals surface area contributed by atoms with Crippen molar-refractivity contribution in [1.82, 2.24) is 10.0 Å². The molecular weight excluding hydrogens is 392 g/mol. The van der Waals surface area contributed by atoms with Gasteiger partial charge in [-0.1, -0.05) is 24.3 Å². The number of hydrogen-bond acceptors (Lipinski definition) is 5. The van der Waals surface area contributed by atoms with E-state index in [1.165, 1.54) is 12.2 Å². The van der Waals surface area contributed by atoms with Gasteiger partial charge in [-0.3, -0.25) is 9.63 Å². The van der Waals surface area contributed by atoms with Crippen molar-refractivity contribution in [2.24, 2.45) is 0 Å². The number of pyridine rings is 1. The van der Waals surface area contributed by atoms with Crippen LogP contribution in [0.5, 0.6) is 11.5 Å². The number of nitrogens with zero attached hydrogens (tertiary/aromatic N) is 2. The van der Waals surface area contributed by atoms with Gasteiger partial charge in [-0.25, -0.2) is 10.0 Å². The summed E-state index contributed by atoms with van der Waals surface area (Å²) in [6, 6.07) is 13.6. The molecule has 2 aromatic carbocycles. The summed E-state index contributed by atoms with van der Waals surface area (Å²) in [5, 5.41) is 2.12. The van der Waals surface area contributed by atoms with Gasteiger partial charge < -0.3 is 9.47 Å². The van der Waals surface area contributed by atoms with Gasteiger partial charge in [0.2, 0.25) is 0 Å². The van der Waals surface area contributed by atoms with E-state index in [0.717, 1.165) is 52.6 Å². The Labute approximate surface area is 182 Å². The number of amides is 1. The summed E-state index contributed by atoms with van der Waals surface area (Å²) in [5.41, 5.74) is 5.43. The average molecular weight is 418 g/mol. The number of benzene rings is 2. The predicted molar refractivity (Wildman–Crippen MR) is 121 cm³/mol. The van der Waals surface area contributed by atoms with Crippen LogP contribution in [-0.2, 0) is 11.3 Å². The number of methoxy groups -OCH3 is 2. The van der Waals surface area contributed by atoms with Crippen LogP contribution in [0.25, 0.3) is 22.6 Å². The van der Waals surface area contributed by atoms with Gasteiger partial charge in [0.1, 0.15) is 0 Å². The van der Waals surface area contributed by atoms with E-state index in [-0.39, 0.29) is 5.91 Å². The summed E-state index contributed by atoms with van der Waals surface area (Å²) < 4.78 is 10.8. The van der Waals surface area contributed by atoms with Crippen LogP contribution in [-0.4, -0.2) is 44.3 Å². The third-order valence-electron chi connectivity index (χ3n) is 5.69. The Morgan fingerprint density at radius 2 is 1.81 bits per heavy atom. The summed E-state index contributed by atoms with van der Waals surface area (Å²) >= 11 is 0. The Kier molecular flexibility index (Phi) is 5.91. The van der Waals surface area contributed by atoms with Crippen LogP contribution >= 0.6 is 0 Å². The number of carbonyl (C=O) groups is 1. The summed E-state index contributed by atoms with van der Waals surface area (Å²) in [6.45, 7) is 0. The minimum absolute atomic E-state index is 0.162. The lowest BCUT2D eigenvalue weighted by atomic mass is 9.85. The Bertz CT molecular complexity index is 1170. The molecule has 31 heavy (non-hydrogen) atoms. The lowest BCUT2D eigenvalue weighted by Crippen LogP contribution is -2.28. The molecule has 3 aromatic rings. The number of rotatable bonds is 5. The largest absolute Gasteiger partial charge is 0.493 e. The lowest BCUT2D eigenvalue weighted by molar-refractivity contribution is -0.0756. The van der Waals surface area contributed by atoms with E-state index < -0.39 is 0 Å². The number of aromatic nitrogens is 1. The van der Waals surface area contributed by atoms with Gasteiger partial charge in [0.15, 0.2) is 11.5 Å². The molecule has 0 bridgehead atoms. The lowest BCUT2D eigenvalue weighted by Gasteiger charge is -2.24. The summed E-state index contributed by atoms with van der Waals surface area (Å²) in [5.74, 6) is 1.20.